The van der Waals surface area contributed by atoms with Gasteiger partial charge in [0.1, 0.15) is 111 Å². The molecular formula is C98H68Cl2F22N14O9. The van der Waals surface area contributed by atoms with Crippen LogP contribution < -0.4 is 31.9 Å². The number of rotatable bonds is 27. The van der Waals surface area contributed by atoms with E-state index in [9.17, 15) is 99.0 Å². The molecule has 6 N–H and O–H groups in total. The first-order chi connectivity index (χ1) is 68.6. The lowest BCUT2D eigenvalue weighted by atomic mass is 9.97. The highest BCUT2D eigenvalue weighted by molar-refractivity contribution is 6.39. The van der Waals surface area contributed by atoms with Crippen LogP contribution in [0.3, 0.4) is 0 Å². The number of ether oxygens (including phenoxy) is 3. The Labute approximate surface area is 813 Å². The van der Waals surface area contributed by atoms with E-state index >= 15 is 26.3 Å². The second-order valence-electron chi connectivity index (χ2n) is 31.4. The molecule has 145 heavy (non-hydrogen) atoms. The second-order valence-corrected chi connectivity index (χ2v) is 32.2. The lowest BCUT2D eigenvalue weighted by Gasteiger charge is -2.23. The molecular weight excluding hydrogens is 2010 g/mol. The molecule has 7 aromatic heterocycles. The molecule has 8 aromatic carbocycles. The van der Waals surface area contributed by atoms with Gasteiger partial charge in [-0.25, -0.2) is 60.1 Å². The maximum Gasteiger partial charge on any atom is 0.418 e. The van der Waals surface area contributed by atoms with E-state index in [2.05, 4.69) is 41.2 Å². The fourth-order valence-corrected chi connectivity index (χ4v) is 16.1. The maximum atomic E-state index is 15.2. The molecule has 15 aromatic rings. The number of fused-ring (bicyclic) bond motifs is 3. The largest absolute Gasteiger partial charge is 0.467 e. The molecule has 0 unspecified atom stereocenters. The summed E-state index contributed by atoms with van der Waals surface area (Å²) in [6, 6.07) is 28.5. The number of hydrogen-bond acceptors (Lipinski definition) is 17. The zero-order chi connectivity index (χ0) is 105. The lowest BCUT2D eigenvalue weighted by Crippen LogP contribution is -2.44. The quantitative estimate of drug-likeness (QED) is 0.0158. The first-order valence-corrected chi connectivity index (χ1v) is 42.8. The van der Waals surface area contributed by atoms with Crippen molar-refractivity contribution < 1.29 is 140 Å². The molecule has 752 valence electrons. The number of alkyl halides is 15. The molecule has 7 heterocycles. The maximum absolute atomic E-state index is 15.2. The summed E-state index contributed by atoms with van der Waals surface area (Å²) in [5.41, 5.74) is -7.08. The van der Waals surface area contributed by atoms with Crippen molar-refractivity contribution in [2.75, 3.05) is 37.3 Å². The van der Waals surface area contributed by atoms with Gasteiger partial charge in [-0.2, -0.15) is 71.1 Å². The SMILES string of the molecule is COC(=O)[C@H](Cc1ccc(-c2c(Cl)cc(F)cc2Cl)c2nccn12)NC(=O)c1c(F)cc(N[C@H](c2ccccc2)C(F)(F)F)cc1F.COC(=O)[C@H](Cc1ccc(-c2ccc(C#N)cc2C(F)(F)F)c2nccn12)NC(=O)c1c(F)cc(N[C@H](c2ccccc2)C(F)(F)F)cc1F.COC(=O)[C@H](Cc1ccc(-c2ncccc2C(F)(F)F)c2nccn12)NC(=O)c1c(F)cc(N[C@H](c2ccccc2)C(F)(F)F)cc1F. The number of amides is 3. The first-order valence-electron chi connectivity index (χ1n) is 42.0. The van der Waals surface area contributed by atoms with Gasteiger partial charge in [-0.1, -0.05) is 120 Å². The number of methoxy groups -OCH3 is 3. The molecule has 0 bridgehead atoms. The van der Waals surface area contributed by atoms with Gasteiger partial charge < -0.3 is 59.3 Å². The third-order valence-electron chi connectivity index (χ3n) is 22.0. The van der Waals surface area contributed by atoms with Gasteiger partial charge in [0, 0.05) is 119 Å². The van der Waals surface area contributed by atoms with Crippen LogP contribution in [-0.2, 0) is 60.2 Å². The van der Waals surface area contributed by atoms with Crippen LogP contribution in [0, 0.1) is 52.1 Å². The van der Waals surface area contributed by atoms with Crippen molar-refractivity contribution in [3.05, 3.63) is 368 Å². The predicted molar refractivity (Wildman–Crippen MR) is 481 cm³/mol. The molecule has 0 radical (unpaired) electrons. The van der Waals surface area contributed by atoms with Crippen molar-refractivity contribution in [2.45, 2.75) is 86.4 Å². The molecule has 0 saturated carbocycles. The Bertz CT molecular complexity index is 7320. The molecule has 47 heteroatoms. The summed E-state index contributed by atoms with van der Waals surface area (Å²) in [5.74, 6) is -17.0. The van der Waals surface area contributed by atoms with E-state index in [0.29, 0.717) is 64.9 Å². The van der Waals surface area contributed by atoms with Crippen LogP contribution in [0.2, 0.25) is 10.0 Å². The standard InChI is InChI=1S/C34H23F8N5O3.C32H22Cl2F6N4O3.C32H23F8N5O3/c1-50-32(49)27(16-21-8-10-23(30-44-11-12-47(21)30)22-9-7-18(17-43)13-24(22)33(37,38)39)46-31(48)28-25(35)14-20(15-26(28)36)45-29(34(40,41)42)19-5-3-2-4-6-19;1-47-31(46)25(15-19-7-8-20(29-41-9-10-44(19)29)26-21(33)11-17(35)12-22(26)34)43-30(45)27-23(36)13-18(14-24(27)37)42-28(32(38,39)40)16-5-3-2-4-6-16;1-48-30(47)24(16-19-9-10-20(28-42-12-13-45(19)28)26-21(31(35,36)37)8-5-11-41-26)44-29(46)25-22(33)14-18(15-23(25)34)43-27(32(38,39)40)17-6-3-2-4-7-17/h2-15,27,29,45H,16H2,1H3,(H,46,48);2-14,25,28,42H,15H2,1H3,(H,43,45);2-15,24,27,43H,16H2,1H3,(H,44,46)/t27-,29+;25-,28+;24-,27+/m000/s1. The summed E-state index contributed by atoms with van der Waals surface area (Å²) in [6.07, 6.45) is -15.7. The predicted octanol–water partition coefficient (Wildman–Crippen LogP) is 22.3. The van der Waals surface area contributed by atoms with E-state index in [1.165, 1.54) is 174 Å². The van der Waals surface area contributed by atoms with Crippen LogP contribution in [0.4, 0.5) is 114 Å². The number of esters is 3. The van der Waals surface area contributed by atoms with Gasteiger partial charge in [-0.05, 0) is 131 Å². The van der Waals surface area contributed by atoms with E-state index in [1.807, 2.05) is 10.6 Å². The van der Waals surface area contributed by atoms with Crippen molar-refractivity contribution in [1.82, 2.24) is 49.1 Å². The van der Waals surface area contributed by atoms with Gasteiger partial charge in [0.2, 0.25) is 0 Å². The number of pyridine rings is 4. The van der Waals surface area contributed by atoms with Crippen LogP contribution in [0.15, 0.2) is 250 Å². The van der Waals surface area contributed by atoms with Crippen molar-refractivity contribution in [3.8, 4) is 39.6 Å². The Morgan fingerprint density at radius 1 is 0.366 bits per heavy atom. The van der Waals surface area contributed by atoms with Crippen LogP contribution in [0.25, 0.3) is 50.5 Å². The third-order valence-corrected chi connectivity index (χ3v) is 22.6. The Kier molecular flexibility index (Phi) is 32.2. The second kappa shape index (κ2) is 44.1. The van der Waals surface area contributed by atoms with Crippen LogP contribution in [0.5, 0.6) is 0 Å². The number of nitrogens with one attached hydrogen (secondary N) is 6. The molecule has 0 saturated heterocycles. The number of hydrogen-bond donors (Lipinski definition) is 6. The molecule has 3 amide bonds. The Balaban J connectivity index is 0.000000182. The van der Waals surface area contributed by atoms with Crippen LogP contribution in [0.1, 0.15) is 99.7 Å². The Hall–Kier alpha value is -16.3. The zero-order valence-electron chi connectivity index (χ0n) is 74.1. The fourth-order valence-electron chi connectivity index (χ4n) is 15.5. The van der Waals surface area contributed by atoms with E-state index < -0.39 is 200 Å². The number of nitriles is 1. The number of carbonyl (C=O) groups excluding carboxylic acids is 6. The molecule has 0 aliphatic rings. The van der Waals surface area contributed by atoms with Gasteiger partial charge in [-0.3, -0.25) is 19.4 Å². The number of nitrogens with zero attached hydrogens (tertiary/aromatic N) is 8. The number of halogens is 24. The minimum Gasteiger partial charge on any atom is -0.467 e. The topological polar surface area (TPSA) is 291 Å². The Morgan fingerprint density at radius 3 is 0.993 bits per heavy atom. The highest BCUT2D eigenvalue weighted by atomic mass is 35.5. The number of anilines is 3. The molecule has 0 fully saturated rings. The van der Waals surface area contributed by atoms with Gasteiger partial charge in [-0.15, -0.1) is 0 Å². The smallest absolute Gasteiger partial charge is 0.418 e. The van der Waals surface area contributed by atoms with Gasteiger partial charge in [0.05, 0.1) is 59.8 Å². The molecule has 0 aliphatic heterocycles. The van der Waals surface area contributed by atoms with Crippen molar-refractivity contribution in [2.24, 2.45) is 0 Å². The van der Waals surface area contributed by atoms with E-state index in [4.69, 9.17) is 42.7 Å². The summed E-state index contributed by atoms with van der Waals surface area (Å²) < 4.78 is 330. The van der Waals surface area contributed by atoms with E-state index in [1.54, 1.807) is 22.6 Å². The molecule has 6 atom stereocenters. The normalized spacial score (nSPS) is 13.0. The summed E-state index contributed by atoms with van der Waals surface area (Å²) in [5, 5.41) is 21.9. The van der Waals surface area contributed by atoms with Crippen molar-refractivity contribution >= 4 is 92.8 Å². The van der Waals surface area contributed by atoms with Crippen molar-refractivity contribution in [3.63, 3.8) is 0 Å². The number of carbonyl (C=O) groups is 6. The van der Waals surface area contributed by atoms with Gasteiger partial charge >= 0.3 is 48.8 Å². The average Bonchev–Trinajstić information content (AvgIpc) is 1.52. The zero-order valence-corrected chi connectivity index (χ0v) is 75.6. The van der Waals surface area contributed by atoms with E-state index in [-0.39, 0.29) is 84.5 Å². The monoisotopic (exact) mass is 2070 g/mol. The van der Waals surface area contributed by atoms with Crippen LogP contribution in [-0.4, -0.2) is 127 Å². The fraction of sp³-hybridized carbons (Fsp3) is 0.173. The molecule has 0 aliphatic carbocycles. The van der Waals surface area contributed by atoms with E-state index in [0.717, 1.165) is 51.7 Å². The Morgan fingerprint density at radius 2 is 0.676 bits per heavy atom. The average molecular weight is 2070 g/mol. The van der Waals surface area contributed by atoms with Gasteiger partial charge in [0.15, 0.2) is 0 Å². The highest BCUT2D eigenvalue weighted by Gasteiger charge is 2.46. The number of benzene rings is 8. The molecule has 15 rings (SSSR count). The third kappa shape index (κ3) is 24.6. The minimum absolute atomic E-state index is 0.00759. The van der Waals surface area contributed by atoms with Crippen LogP contribution >= 0.6 is 23.2 Å². The number of imidazole rings is 3. The summed E-state index contributed by atoms with van der Waals surface area (Å²) in [4.78, 5) is 93.8. The molecule has 0 spiro atoms. The molecule has 23 nitrogen and oxygen atoms in total. The summed E-state index contributed by atoms with van der Waals surface area (Å²) >= 11 is 12.5. The summed E-state index contributed by atoms with van der Waals surface area (Å²) in [7, 11) is 3.01. The minimum atomic E-state index is -4.86. The highest BCUT2D eigenvalue weighted by Crippen LogP contribution is 2.45. The van der Waals surface area contributed by atoms with Crippen molar-refractivity contribution in [1.29, 1.82) is 5.26 Å². The lowest BCUT2D eigenvalue weighted by molar-refractivity contribution is -0.144. The first kappa shape index (κ1) is 106. The summed E-state index contributed by atoms with van der Waals surface area (Å²) in [6.45, 7) is 0. The van der Waals surface area contributed by atoms with Gasteiger partial charge in [0.25, 0.3) is 17.7 Å². The number of aromatic nitrogens is 7.